The maximum absolute atomic E-state index is 12.0. The Bertz CT molecular complexity index is 375. The molecule has 1 aliphatic rings. The van der Waals surface area contributed by atoms with E-state index < -0.39 is 15.1 Å². The number of hydrogen-bond donors (Lipinski definition) is 2. The monoisotopic (exact) mass is 290 g/mol. The van der Waals surface area contributed by atoms with E-state index in [0.717, 1.165) is 25.7 Å². The second kappa shape index (κ2) is 7.85. The molecular formula is C13H26N2O3S. The predicted molar refractivity (Wildman–Crippen MR) is 76.5 cm³/mol. The van der Waals surface area contributed by atoms with Crippen LogP contribution in [0.3, 0.4) is 0 Å². The van der Waals surface area contributed by atoms with Crippen LogP contribution in [-0.4, -0.2) is 38.4 Å². The molecule has 1 aliphatic heterocycles. The van der Waals surface area contributed by atoms with Crippen LogP contribution in [0.5, 0.6) is 0 Å². The van der Waals surface area contributed by atoms with Gasteiger partial charge in [0, 0.05) is 6.54 Å². The van der Waals surface area contributed by atoms with Crippen molar-refractivity contribution in [2.75, 3.05) is 18.8 Å². The van der Waals surface area contributed by atoms with Crippen LogP contribution in [0.4, 0.5) is 0 Å². The second-order valence-electron chi connectivity index (χ2n) is 5.33. The summed E-state index contributed by atoms with van der Waals surface area (Å²) in [5, 5.41) is 1.97. The van der Waals surface area contributed by atoms with Crippen molar-refractivity contribution in [1.29, 1.82) is 0 Å². The van der Waals surface area contributed by atoms with Crippen LogP contribution in [0.1, 0.15) is 45.4 Å². The third-order valence-corrected chi connectivity index (χ3v) is 5.88. The molecule has 1 saturated heterocycles. The van der Waals surface area contributed by atoms with Crippen LogP contribution in [0.2, 0.25) is 0 Å². The Labute approximate surface area is 116 Å². The van der Waals surface area contributed by atoms with Crippen molar-refractivity contribution in [1.82, 2.24) is 5.32 Å². The zero-order valence-electron chi connectivity index (χ0n) is 11.7. The van der Waals surface area contributed by atoms with Gasteiger partial charge in [-0.15, -0.1) is 0 Å². The van der Waals surface area contributed by atoms with E-state index in [-0.39, 0.29) is 11.7 Å². The maximum Gasteiger partial charge on any atom is 0.238 e. The van der Waals surface area contributed by atoms with E-state index in [1.165, 1.54) is 0 Å². The standard InChI is InChI=1S/C13H26N2O3S/c1-2-5-11(7-8-14)10-15-13(16)12-6-3-4-9-19(12,17)18/h11-12H,2-10,14H2,1H3,(H,15,16). The highest BCUT2D eigenvalue weighted by molar-refractivity contribution is 7.92. The van der Waals surface area contributed by atoms with Crippen molar-refractivity contribution in [2.24, 2.45) is 11.7 Å². The molecule has 19 heavy (non-hydrogen) atoms. The minimum Gasteiger partial charge on any atom is -0.355 e. The SMILES string of the molecule is CCCC(CCN)CNC(=O)C1CCCCS1(=O)=O. The molecule has 5 nitrogen and oxygen atoms in total. The molecule has 0 bridgehead atoms. The van der Waals surface area contributed by atoms with Gasteiger partial charge in [-0.1, -0.05) is 19.8 Å². The first-order valence-corrected chi connectivity index (χ1v) is 8.92. The van der Waals surface area contributed by atoms with E-state index in [0.29, 0.717) is 31.8 Å². The van der Waals surface area contributed by atoms with E-state index >= 15 is 0 Å². The van der Waals surface area contributed by atoms with Crippen LogP contribution < -0.4 is 11.1 Å². The average molecular weight is 290 g/mol. The summed E-state index contributed by atoms with van der Waals surface area (Å²) in [5.41, 5.74) is 5.54. The fourth-order valence-electron chi connectivity index (χ4n) is 2.60. The Balaban J connectivity index is 2.49. The average Bonchev–Trinajstić information content (AvgIpc) is 2.35. The van der Waals surface area contributed by atoms with E-state index in [4.69, 9.17) is 5.73 Å². The van der Waals surface area contributed by atoms with Gasteiger partial charge in [0.05, 0.1) is 5.75 Å². The number of rotatable bonds is 7. The topological polar surface area (TPSA) is 89.3 Å². The van der Waals surface area contributed by atoms with Crippen molar-refractivity contribution in [3.05, 3.63) is 0 Å². The number of amides is 1. The van der Waals surface area contributed by atoms with Gasteiger partial charge >= 0.3 is 0 Å². The highest BCUT2D eigenvalue weighted by Crippen LogP contribution is 2.20. The number of carbonyl (C=O) groups is 1. The highest BCUT2D eigenvalue weighted by Gasteiger charge is 2.34. The lowest BCUT2D eigenvalue weighted by Crippen LogP contribution is -2.44. The zero-order valence-corrected chi connectivity index (χ0v) is 12.5. The lowest BCUT2D eigenvalue weighted by Gasteiger charge is -2.23. The summed E-state index contributed by atoms with van der Waals surface area (Å²) < 4.78 is 23.7. The molecule has 0 aromatic heterocycles. The summed E-state index contributed by atoms with van der Waals surface area (Å²) in [4.78, 5) is 12.0. The summed E-state index contributed by atoms with van der Waals surface area (Å²) in [6.45, 7) is 3.23. The van der Waals surface area contributed by atoms with Crippen LogP contribution in [0, 0.1) is 5.92 Å². The number of carbonyl (C=O) groups excluding carboxylic acids is 1. The van der Waals surface area contributed by atoms with Gasteiger partial charge in [-0.3, -0.25) is 4.79 Å². The normalized spacial score (nSPS) is 23.8. The second-order valence-corrected chi connectivity index (χ2v) is 7.63. The van der Waals surface area contributed by atoms with Gasteiger partial charge in [0.25, 0.3) is 0 Å². The first kappa shape index (κ1) is 16.4. The number of nitrogens with two attached hydrogens (primary N) is 1. The number of nitrogens with one attached hydrogen (secondary N) is 1. The van der Waals surface area contributed by atoms with Gasteiger partial charge in [0.2, 0.25) is 5.91 Å². The fraction of sp³-hybridized carbons (Fsp3) is 0.923. The van der Waals surface area contributed by atoms with Crippen molar-refractivity contribution in [2.45, 2.75) is 50.7 Å². The first-order chi connectivity index (χ1) is 9.01. The molecule has 1 rings (SSSR count). The molecule has 1 amide bonds. The smallest absolute Gasteiger partial charge is 0.238 e. The lowest BCUT2D eigenvalue weighted by atomic mass is 10.00. The Morgan fingerprint density at radius 2 is 2.11 bits per heavy atom. The van der Waals surface area contributed by atoms with Crippen LogP contribution in [-0.2, 0) is 14.6 Å². The minimum absolute atomic E-state index is 0.145. The van der Waals surface area contributed by atoms with Gasteiger partial charge in [-0.05, 0) is 38.1 Å². The number of sulfone groups is 1. The highest BCUT2D eigenvalue weighted by atomic mass is 32.2. The van der Waals surface area contributed by atoms with Crippen LogP contribution >= 0.6 is 0 Å². The van der Waals surface area contributed by atoms with Crippen LogP contribution in [0.15, 0.2) is 0 Å². The molecule has 2 atom stereocenters. The van der Waals surface area contributed by atoms with E-state index in [1.807, 2.05) is 0 Å². The quantitative estimate of drug-likeness (QED) is 0.727. The van der Waals surface area contributed by atoms with E-state index in [2.05, 4.69) is 12.2 Å². The molecular weight excluding hydrogens is 264 g/mol. The first-order valence-electron chi connectivity index (χ1n) is 7.20. The molecule has 1 fully saturated rings. The lowest BCUT2D eigenvalue weighted by molar-refractivity contribution is -0.121. The molecule has 6 heteroatoms. The molecule has 0 spiro atoms. The Morgan fingerprint density at radius 3 is 2.68 bits per heavy atom. The summed E-state index contributed by atoms with van der Waals surface area (Å²) >= 11 is 0. The molecule has 0 aromatic carbocycles. The Morgan fingerprint density at radius 1 is 1.37 bits per heavy atom. The fourth-order valence-corrected chi connectivity index (χ4v) is 4.43. The van der Waals surface area contributed by atoms with Gasteiger partial charge < -0.3 is 11.1 Å². The summed E-state index contributed by atoms with van der Waals surface area (Å²) in [5.74, 6) is 0.176. The Hall–Kier alpha value is -0.620. The van der Waals surface area contributed by atoms with Crippen molar-refractivity contribution in [3.63, 3.8) is 0 Å². The van der Waals surface area contributed by atoms with Crippen molar-refractivity contribution in [3.8, 4) is 0 Å². The minimum atomic E-state index is -3.23. The predicted octanol–water partition coefficient (Wildman–Crippen LogP) is 0.835. The molecule has 1 heterocycles. The molecule has 0 saturated carbocycles. The van der Waals surface area contributed by atoms with Gasteiger partial charge in [0.15, 0.2) is 9.84 Å². The van der Waals surface area contributed by atoms with Crippen molar-refractivity contribution < 1.29 is 13.2 Å². The van der Waals surface area contributed by atoms with Crippen molar-refractivity contribution >= 4 is 15.7 Å². The Kier molecular flexibility index (Phi) is 6.79. The molecule has 0 radical (unpaired) electrons. The summed E-state index contributed by atoms with van der Waals surface area (Å²) in [6, 6.07) is 0. The number of hydrogen-bond acceptors (Lipinski definition) is 4. The maximum atomic E-state index is 12.0. The molecule has 2 unspecified atom stereocenters. The van der Waals surface area contributed by atoms with E-state index in [9.17, 15) is 13.2 Å². The largest absolute Gasteiger partial charge is 0.355 e. The molecule has 112 valence electrons. The third-order valence-electron chi connectivity index (χ3n) is 3.71. The zero-order chi connectivity index (χ0) is 14.3. The van der Waals surface area contributed by atoms with Gasteiger partial charge in [-0.2, -0.15) is 0 Å². The summed E-state index contributed by atoms with van der Waals surface area (Å²) in [7, 11) is -3.23. The van der Waals surface area contributed by atoms with Gasteiger partial charge in [0.1, 0.15) is 5.25 Å². The summed E-state index contributed by atoms with van der Waals surface area (Å²) in [6.07, 6.45) is 4.88. The molecule has 0 aromatic rings. The molecule has 0 aliphatic carbocycles. The van der Waals surface area contributed by atoms with E-state index in [1.54, 1.807) is 0 Å². The molecule has 3 N–H and O–H groups in total. The van der Waals surface area contributed by atoms with Crippen LogP contribution in [0.25, 0.3) is 0 Å². The van der Waals surface area contributed by atoms with Gasteiger partial charge in [-0.25, -0.2) is 8.42 Å². The third kappa shape index (κ3) is 5.10.